The molecule has 0 saturated heterocycles. The smallest absolute Gasteiger partial charge is 0.308 e. The standard InChI is InChI=1S/C9H19NO8P2/c1-15-19(13,16-2)9(20(14,17-3)18-4)7-5-6-8-10(11)12/h7H,5-6,8H2,1-4H3. The molecule has 11 heteroatoms. The number of allylic oxidation sites excluding steroid dienone is 1. The van der Waals surface area contributed by atoms with Crippen molar-refractivity contribution in [3.63, 3.8) is 0 Å². The molecule has 0 unspecified atom stereocenters. The molecule has 0 aliphatic heterocycles. The topological polar surface area (TPSA) is 114 Å². The van der Waals surface area contributed by atoms with Crippen LogP contribution in [0.2, 0.25) is 0 Å². The van der Waals surface area contributed by atoms with Gasteiger partial charge in [-0.25, -0.2) is 0 Å². The highest BCUT2D eigenvalue weighted by Crippen LogP contribution is 2.72. The maximum Gasteiger partial charge on any atom is 0.368 e. The highest BCUT2D eigenvalue weighted by Gasteiger charge is 2.43. The summed E-state index contributed by atoms with van der Waals surface area (Å²) in [5.41, 5.74) is 0. The number of rotatable bonds is 10. The van der Waals surface area contributed by atoms with Crippen LogP contribution in [0.3, 0.4) is 0 Å². The summed E-state index contributed by atoms with van der Waals surface area (Å²) >= 11 is 0. The van der Waals surface area contributed by atoms with E-state index in [2.05, 4.69) is 0 Å². The van der Waals surface area contributed by atoms with Gasteiger partial charge in [0.2, 0.25) is 6.54 Å². The van der Waals surface area contributed by atoms with Gasteiger partial charge >= 0.3 is 15.2 Å². The predicted octanol–water partition coefficient (Wildman–Crippen LogP) is 2.86. The number of hydrogen-bond donors (Lipinski definition) is 0. The monoisotopic (exact) mass is 331 g/mol. The van der Waals surface area contributed by atoms with Crippen molar-refractivity contribution in [2.45, 2.75) is 12.8 Å². The molecule has 0 aliphatic carbocycles. The van der Waals surface area contributed by atoms with Crippen molar-refractivity contribution in [3.8, 4) is 0 Å². The molecule has 0 aliphatic rings. The van der Waals surface area contributed by atoms with Crippen LogP contribution in [0.25, 0.3) is 0 Å². The van der Waals surface area contributed by atoms with E-state index in [4.69, 9.17) is 18.1 Å². The van der Waals surface area contributed by atoms with Crippen molar-refractivity contribution in [3.05, 3.63) is 21.2 Å². The minimum absolute atomic E-state index is 0.156. The maximum atomic E-state index is 12.4. The molecule has 118 valence electrons. The van der Waals surface area contributed by atoms with E-state index in [1.807, 2.05) is 0 Å². The Bertz CT molecular complexity index is 405. The molecule has 20 heavy (non-hydrogen) atoms. The minimum Gasteiger partial charge on any atom is -0.308 e. The third-order valence-electron chi connectivity index (χ3n) is 2.39. The molecule has 0 aromatic rings. The molecule has 9 nitrogen and oxygen atoms in total. The average Bonchev–Trinajstić information content (AvgIpc) is 2.45. The van der Waals surface area contributed by atoms with Gasteiger partial charge in [0.05, 0.1) is 0 Å². The lowest BCUT2D eigenvalue weighted by molar-refractivity contribution is -0.480. The van der Waals surface area contributed by atoms with Crippen molar-refractivity contribution in [1.29, 1.82) is 0 Å². The Kier molecular flexibility index (Phi) is 8.42. The molecule has 0 rings (SSSR count). The lowest BCUT2D eigenvalue weighted by Crippen LogP contribution is -2.01. The molecule has 0 amide bonds. The van der Waals surface area contributed by atoms with E-state index in [-0.39, 0.29) is 24.4 Å². The molecule has 0 fully saturated rings. The molecule has 0 aromatic carbocycles. The molecule has 0 saturated carbocycles. The summed E-state index contributed by atoms with van der Waals surface area (Å²) in [6.45, 7) is -0.266. The van der Waals surface area contributed by atoms with E-state index < -0.39 is 20.1 Å². The zero-order valence-corrected chi connectivity index (χ0v) is 13.6. The van der Waals surface area contributed by atoms with E-state index in [0.717, 1.165) is 28.4 Å². The maximum absolute atomic E-state index is 12.4. The first kappa shape index (κ1) is 19.4. The first-order valence-electron chi connectivity index (χ1n) is 5.55. The molecular weight excluding hydrogens is 312 g/mol. The summed E-state index contributed by atoms with van der Waals surface area (Å²) in [4.78, 5) is 9.76. The van der Waals surface area contributed by atoms with Gasteiger partial charge in [0.1, 0.15) is 5.06 Å². The Balaban J connectivity index is 5.38. The molecule has 0 spiro atoms. The Morgan fingerprint density at radius 2 is 1.45 bits per heavy atom. The fourth-order valence-corrected chi connectivity index (χ4v) is 5.28. The summed E-state index contributed by atoms with van der Waals surface area (Å²) in [5, 5.41) is 9.98. The van der Waals surface area contributed by atoms with Gasteiger partial charge in [-0.2, -0.15) is 0 Å². The summed E-state index contributed by atoms with van der Waals surface area (Å²) in [5.74, 6) is 0. The first-order chi connectivity index (χ1) is 9.29. The second-order valence-corrected chi connectivity index (χ2v) is 8.25. The zero-order valence-electron chi connectivity index (χ0n) is 11.8. The van der Waals surface area contributed by atoms with Gasteiger partial charge in [-0.3, -0.25) is 19.2 Å². The van der Waals surface area contributed by atoms with Crippen molar-refractivity contribution in [1.82, 2.24) is 0 Å². The third-order valence-corrected chi connectivity index (χ3v) is 7.27. The SMILES string of the molecule is COP(=O)(OC)C(=CCCC[N+](=O)[O-])P(=O)(OC)OC. The summed E-state index contributed by atoms with van der Waals surface area (Å²) in [6, 6.07) is 0. The second-order valence-electron chi connectivity index (χ2n) is 3.49. The van der Waals surface area contributed by atoms with E-state index >= 15 is 0 Å². The van der Waals surface area contributed by atoms with Gasteiger partial charge in [-0.15, -0.1) is 0 Å². The quantitative estimate of drug-likeness (QED) is 0.260. The highest BCUT2D eigenvalue weighted by molar-refractivity contribution is 7.78. The second kappa shape index (κ2) is 8.67. The minimum atomic E-state index is -3.83. The summed E-state index contributed by atoms with van der Waals surface area (Å²) in [6.07, 6.45) is 1.62. The van der Waals surface area contributed by atoms with Gasteiger partial charge in [-0.1, -0.05) is 6.08 Å². The fraction of sp³-hybridized carbons (Fsp3) is 0.778. The van der Waals surface area contributed by atoms with Crippen molar-refractivity contribution in [2.24, 2.45) is 0 Å². The third kappa shape index (κ3) is 5.09. The van der Waals surface area contributed by atoms with Gasteiger partial charge in [0.25, 0.3) is 0 Å². The fourth-order valence-electron chi connectivity index (χ4n) is 1.35. The van der Waals surface area contributed by atoms with Gasteiger partial charge < -0.3 is 18.1 Å². The number of hydrogen-bond acceptors (Lipinski definition) is 8. The van der Waals surface area contributed by atoms with Gasteiger partial charge in [0, 0.05) is 39.8 Å². The van der Waals surface area contributed by atoms with Crippen LogP contribution in [-0.2, 0) is 27.2 Å². The molecule has 0 N–H and O–H groups in total. The van der Waals surface area contributed by atoms with Crippen molar-refractivity contribution in [2.75, 3.05) is 35.0 Å². The summed E-state index contributed by atoms with van der Waals surface area (Å²) < 4.78 is 43.8. The number of nitrogens with zero attached hydrogens (tertiary/aromatic N) is 1. The lowest BCUT2D eigenvalue weighted by Gasteiger charge is -2.22. The van der Waals surface area contributed by atoms with Crippen LogP contribution in [0, 0.1) is 10.1 Å². The summed E-state index contributed by atoms with van der Waals surface area (Å²) in [7, 11) is -3.14. The van der Waals surface area contributed by atoms with E-state index in [0.29, 0.717) is 0 Å². The average molecular weight is 331 g/mol. The molecule has 0 aromatic heterocycles. The van der Waals surface area contributed by atoms with Crippen LogP contribution < -0.4 is 0 Å². The zero-order chi connectivity index (χ0) is 15.8. The molecule has 0 bridgehead atoms. The van der Waals surface area contributed by atoms with E-state index in [9.17, 15) is 19.2 Å². The van der Waals surface area contributed by atoms with Gasteiger partial charge in [0.15, 0.2) is 0 Å². The van der Waals surface area contributed by atoms with Gasteiger partial charge in [-0.05, 0) is 6.42 Å². The number of unbranched alkanes of at least 4 members (excludes halogenated alkanes) is 1. The van der Waals surface area contributed by atoms with E-state index in [1.165, 1.54) is 6.08 Å². The molecular formula is C9H19NO8P2. The van der Waals surface area contributed by atoms with Crippen molar-refractivity contribution >= 4 is 15.2 Å². The van der Waals surface area contributed by atoms with Crippen LogP contribution >= 0.6 is 15.2 Å². The predicted molar refractivity (Wildman–Crippen MR) is 72.4 cm³/mol. The molecule has 0 heterocycles. The Hall–Kier alpha value is -0.560. The largest absolute Gasteiger partial charge is 0.368 e. The normalized spacial score (nSPS) is 12.2. The Morgan fingerprint density at radius 3 is 1.75 bits per heavy atom. The van der Waals surface area contributed by atoms with Crippen LogP contribution in [0.1, 0.15) is 12.8 Å². The van der Waals surface area contributed by atoms with E-state index in [1.54, 1.807) is 0 Å². The van der Waals surface area contributed by atoms with Crippen LogP contribution in [0.15, 0.2) is 11.1 Å². The number of nitro groups is 1. The molecule has 0 radical (unpaired) electrons. The molecule has 0 atom stereocenters. The van der Waals surface area contributed by atoms with Crippen LogP contribution in [0.4, 0.5) is 0 Å². The van der Waals surface area contributed by atoms with Crippen LogP contribution in [-0.4, -0.2) is 39.9 Å². The first-order valence-corrected chi connectivity index (χ1v) is 8.64. The Labute approximate surface area is 117 Å². The lowest BCUT2D eigenvalue weighted by atomic mass is 10.3. The Morgan fingerprint density at radius 1 is 1.05 bits per heavy atom. The highest BCUT2D eigenvalue weighted by atomic mass is 31.2. The van der Waals surface area contributed by atoms with Crippen LogP contribution in [0.5, 0.6) is 0 Å². The van der Waals surface area contributed by atoms with Crippen molar-refractivity contribution < 1.29 is 32.1 Å².